The number of ether oxygens (including phenoxy) is 2. The Morgan fingerprint density at radius 1 is 1.03 bits per heavy atom. The van der Waals surface area contributed by atoms with Crippen molar-refractivity contribution in [1.29, 1.82) is 0 Å². The summed E-state index contributed by atoms with van der Waals surface area (Å²) in [6.45, 7) is 1.77. The van der Waals surface area contributed by atoms with E-state index in [9.17, 15) is 9.59 Å². The fourth-order valence-electron chi connectivity index (χ4n) is 3.24. The molecule has 0 bridgehead atoms. The van der Waals surface area contributed by atoms with Gasteiger partial charge in [-0.3, -0.25) is 9.59 Å². The summed E-state index contributed by atoms with van der Waals surface area (Å²) in [5, 5.41) is 7.59. The molecule has 3 aromatic carbocycles. The van der Waals surface area contributed by atoms with E-state index in [2.05, 4.69) is 47.7 Å². The second kappa shape index (κ2) is 11.4. The van der Waals surface area contributed by atoms with Crippen molar-refractivity contribution in [1.82, 2.24) is 5.43 Å². The number of hydrogen-bond acceptors (Lipinski definition) is 6. The van der Waals surface area contributed by atoms with Gasteiger partial charge in [-0.15, -0.1) is 0 Å². The van der Waals surface area contributed by atoms with Gasteiger partial charge in [-0.1, -0.05) is 33.6 Å². The van der Waals surface area contributed by atoms with Crippen molar-refractivity contribution in [2.45, 2.75) is 6.92 Å². The van der Waals surface area contributed by atoms with Crippen LogP contribution in [0.4, 0.5) is 5.69 Å². The Morgan fingerprint density at radius 2 is 1.81 bits per heavy atom. The molecular formula is C26H21Br2N3O5. The molecule has 0 saturated carbocycles. The average molecular weight is 615 g/mol. The predicted octanol–water partition coefficient (Wildman–Crippen LogP) is 6.06. The number of rotatable bonds is 8. The lowest BCUT2D eigenvalue weighted by Crippen LogP contribution is -2.20. The zero-order valence-corrected chi connectivity index (χ0v) is 22.5. The van der Waals surface area contributed by atoms with Crippen molar-refractivity contribution in [3.05, 3.63) is 86.5 Å². The van der Waals surface area contributed by atoms with Crippen LogP contribution in [0.5, 0.6) is 11.5 Å². The molecule has 0 aliphatic heterocycles. The molecule has 10 heteroatoms. The maximum atomic E-state index is 12.4. The summed E-state index contributed by atoms with van der Waals surface area (Å²) in [4.78, 5) is 24.7. The Balaban J connectivity index is 1.38. The lowest BCUT2D eigenvalue weighted by atomic mass is 10.2. The molecule has 2 N–H and O–H groups in total. The van der Waals surface area contributed by atoms with E-state index in [0.29, 0.717) is 32.8 Å². The molecule has 0 unspecified atom stereocenters. The van der Waals surface area contributed by atoms with Crippen LogP contribution in [0, 0.1) is 6.92 Å². The van der Waals surface area contributed by atoms with Gasteiger partial charge in [-0.25, -0.2) is 5.43 Å². The Kier molecular flexibility index (Phi) is 8.07. The quantitative estimate of drug-likeness (QED) is 0.186. The van der Waals surface area contributed by atoms with E-state index in [4.69, 9.17) is 13.9 Å². The van der Waals surface area contributed by atoms with Gasteiger partial charge < -0.3 is 19.2 Å². The topological polar surface area (TPSA) is 102 Å². The molecule has 0 radical (unpaired) electrons. The molecule has 1 aromatic heterocycles. The third-order valence-corrected chi connectivity index (χ3v) is 6.23. The number of halogens is 2. The van der Waals surface area contributed by atoms with Crippen LogP contribution < -0.4 is 20.2 Å². The number of benzene rings is 3. The Hall–Kier alpha value is -3.63. The summed E-state index contributed by atoms with van der Waals surface area (Å²) in [6, 6.07) is 17.9. The molecule has 184 valence electrons. The molecule has 0 fully saturated rings. The van der Waals surface area contributed by atoms with Gasteiger partial charge in [0, 0.05) is 25.6 Å². The molecule has 0 saturated heterocycles. The molecule has 4 rings (SSSR count). The van der Waals surface area contributed by atoms with Crippen molar-refractivity contribution >= 4 is 66.5 Å². The molecule has 1 heterocycles. The van der Waals surface area contributed by atoms with Crippen LogP contribution in [0.1, 0.15) is 21.7 Å². The average Bonchev–Trinajstić information content (AvgIpc) is 3.28. The van der Waals surface area contributed by atoms with E-state index in [1.807, 2.05) is 43.3 Å². The van der Waals surface area contributed by atoms with Crippen LogP contribution in [0.2, 0.25) is 0 Å². The number of fused-ring (bicyclic) bond motifs is 1. The molecule has 4 aromatic rings. The Bertz CT molecular complexity index is 1450. The Labute approximate surface area is 223 Å². The van der Waals surface area contributed by atoms with Crippen molar-refractivity contribution < 1.29 is 23.5 Å². The van der Waals surface area contributed by atoms with Crippen LogP contribution in [0.25, 0.3) is 11.0 Å². The van der Waals surface area contributed by atoms with E-state index in [1.165, 1.54) is 13.3 Å². The van der Waals surface area contributed by atoms with Crippen LogP contribution in [-0.2, 0) is 4.79 Å². The van der Waals surface area contributed by atoms with Crippen molar-refractivity contribution in [2.75, 3.05) is 19.0 Å². The first-order valence-electron chi connectivity index (χ1n) is 10.7. The SMILES string of the molecule is COc1cc(/C=N/NC(=O)c2cc3cc(Br)ccc3o2)c(Br)cc1OCC(=O)Nc1ccc(C)cc1. The molecular weight excluding hydrogens is 594 g/mol. The summed E-state index contributed by atoms with van der Waals surface area (Å²) >= 11 is 6.85. The third kappa shape index (κ3) is 6.32. The molecule has 2 amide bonds. The highest BCUT2D eigenvalue weighted by atomic mass is 79.9. The van der Waals surface area contributed by atoms with E-state index < -0.39 is 5.91 Å². The van der Waals surface area contributed by atoms with Gasteiger partial charge in [0.05, 0.1) is 13.3 Å². The van der Waals surface area contributed by atoms with Gasteiger partial charge in [0.2, 0.25) is 0 Å². The lowest BCUT2D eigenvalue weighted by Gasteiger charge is -2.13. The van der Waals surface area contributed by atoms with Crippen LogP contribution in [-0.4, -0.2) is 31.7 Å². The number of amides is 2. The zero-order chi connectivity index (χ0) is 25.7. The van der Waals surface area contributed by atoms with E-state index in [1.54, 1.807) is 24.3 Å². The normalized spacial score (nSPS) is 11.0. The summed E-state index contributed by atoms with van der Waals surface area (Å²) in [5.41, 5.74) is 5.46. The van der Waals surface area contributed by atoms with Crippen molar-refractivity contribution in [2.24, 2.45) is 5.10 Å². The highest BCUT2D eigenvalue weighted by Crippen LogP contribution is 2.33. The number of nitrogens with zero attached hydrogens (tertiary/aromatic N) is 1. The van der Waals surface area contributed by atoms with Gasteiger partial charge in [-0.05, 0) is 71.4 Å². The highest BCUT2D eigenvalue weighted by molar-refractivity contribution is 9.10. The monoisotopic (exact) mass is 613 g/mol. The molecule has 0 spiro atoms. The second-order valence-electron chi connectivity index (χ2n) is 7.72. The standard InChI is InChI=1S/C26H21Br2N3O5/c1-15-3-6-19(7-4-15)30-25(32)14-35-23-12-20(28)17(11-22(23)34-2)13-29-31-26(33)24-10-16-9-18(27)5-8-21(16)36-24/h3-13H,14H2,1-2H3,(H,30,32)(H,31,33)/b29-13+. The predicted molar refractivity (Wildman–Crippen MR) is 145 cm³/mol. The fraction of sp³-hybridized carbons (Fsp3) is 0.115. The maximum absolute atomic E-state index is 12.4. The molecule has 0 aliphatic rings. The highest BCUT2D eigenvalue weighted by Gasteiger charge is 2.14. The van der Waals surface area contributed by atoms with Gasteiger partial charge in [0.1, 0.15) is 5.58 Å². The van der Waals surface area contributed by atoms with Crippen LogP contribution >= 0.6 is 31.9 Å². The van der Waals surface area contributed by atoms with E-state index >= 15 is 0 Å². The molecule has 0 atom stereocenters. The summed E-state index contributed by atoms with van der Waals surface area (Å²) in [7, 11) is 1.49. The number of hydrogen-bond donors (Lipinski definition) is 2. The van der Waals surface area contributed by atoms with Crippen molar-refractivity contribution in [3.8, 4) is 11.5 Å². The van der Waals surface area contributed by atoms with Gasteiger partial charge in [-0.2, -0.15) is 5.10 Å². The van der Waals surface area contributed by atoms with Gasteiger partial charge in [0.15, 0.2) is 23.9 Å². The first kappa shape index (κ1) is 25.5. The van der Waals surface area contributed by atoms with E-state index in [0.717, 1.165) is 15.4 Å². The largest absolute Gasteiger partial charge is 0.493 e. The van der Waals surface area contributed by atoms with Crippen LogP contribution in [0.15, 0.2) is 79.1 Å². The first-order chi connectivity index (χ1) is 17.3. The van der Waals surface area contributed by atoms with Gasteiger partial charge in [0.25, 0.3) is 5.91 Å². The first-order valence-corrected chi connectivity index (χ1v) is 12.3. The smallest absolute Gasteiger partial charge is 0.307 e. The number of anilines is 1. The second-order valence-corrected chi connectivity index (χ2v) is 9.49. The molecule has 8 nitrogen and oxygen atoms in total. The summed E-state index contributed by atoms with van der Waals surface area (Å²) in [6.07, 6.45) is 1.46. The number of carbonyl (C=O) groups is 2. The fourth-order valence-corrected chi connectivity index (χ4v) is 4.04. The number of furan rings is 1. The number of hydrazone groups is 1. The summed E-state index contributed by atoms with van der Waals surface area (Å²) < 4.78 is 18.1. The molecule has 36 heavy (non-hydrogen) atoms. The Morgan fingerprint density at radius 3 is 2.56 bits per heavy atom. The number of nitrogens with one attached hydrogen (secondary N) is 2. The minimum Gasteiger partial charge on any atom is -0.493 e. The lowest BCUT2D eigenvalue weighted by molar-refractivity contribution is -0.118. The molecule has 0 aliphatic carbocycles. The maximum Gasteiger partial charge on any atom is 0.307 e. The number of aryl methyl sites for hydroxylation is 1. The number of carbonyl (C=O) groups excluding carboxylic acids is 2. The number of methoxy groups -OCH3 is 1. The summed E-state index contributed by atoms with van der Waals surface area (Å²) in [5.74, 6) is 0.129. The van der Waals surface area contributed by atoms with Crippen molar-refractivity contribution in [3.63, 3.8) is 0 Å². The minimum atomic E-state index is -0.485. The third-order valence-electron chi connectivity index (χ3n) is 5.05. The van der Waals surface area contributed by atoms with Gasteiger partial charge >= 0.3 is 5.91 Å². The van der Waals surface area contributed by atoms with E-state index in [-0.39, 0.29) is 18.3 Å². The van der Waals surface area contributed by atoms with Crippen LogP contribution in [0.3, 0.4) is 0 Å². The zero-order valence-electron chi connectivity index (χ0n) is 19.3. The minimum absolute atomic E-state index is 0.143.